The molecule has 0 saturated carbocycles. The predicted octanol–water partition coefficient (Wildman–Crippen LogP) is 0.879. The average molecular weight is 202 g/mol. The molecule has 0 aliphatic heterocycles. The van der Waals surface area contributed by atoms with Crippen LogP contribution in [0.15, 0.2) is 24.4 Å². The van der Waals surface area contributed by atoms with E-state index in [-0.39, 0.29) is 0 Å². The molecule has 15 heavy (non-hydrogen) atoms. The van der Waals surface area contributed by atoms with Crippen LogP contribution in [-0.2, 0) is 0 Å². The molecule has 0 radical (unpaired) electrons. The van der Waals surface area contributed by atoms with Crippen LogP contribution in [0.2, 0.25) is 0 Å². The van der Waals surface area contributed by atoms with Gasteiger partial charge in [-0.1, -0.05) is 0 Å². The van der Waals surface area contributed by atoms with Crippen molar-refractivity contribution in [2.24, 2.45) is 5.73 Å². The molecule has 5 heteroatoms. The van der Waals surface area contributed by atoms with E-state index in [1.165, 1.54) is 0 Å². The molecule has 3 N–H and O–H groups in total. The highest BCUT2D eigenvalue weighted by Crippen LogP contribution is 2.19. The Bertz CT molecular complexity index is 504. The Morgan fingerprint density at radius 1 is 1.53 bits per heavy atom. The maximum atomic E-state index is 10.9. The van der Waals surface area contributed by atoms with E-state index in [1.54, 1.807) is 12.3 Å². The van der Waals surface area contributed by atoms with Crippen molar-refractivity contribution in [3.8, 4) is 11.3 Å². The summed E-state index contributed by atoms with van der Waals surface area (Å²) >= 11 is 0. The number of aromatic amines is 1. The van der Waals surface area contributed by atoms with E-state index in [2.05, 4.69) is 15.2 Å². The number of carbonyl (C=O) groups excluding carboxylic acids is 1. The lowest BCUT2D eigenvalue weighted by molar-refractivity contribution is 0.0995. The maximum Gasteiger partial charge on any atom is 0.266 e. The molecule has 2 rings (SSSR count). The van der Waals surface area contributed by atoms with Crippen molar-refractivity contribution < 1.29 is 4.79 Å². The average Bonchev–Trinajstić information content (AvgIpc) is 2.67. The largest absolute Gasteiger partial charge is 0.364 e. The summed E-state index contributed by atoms with van der Waals surface area (Å²) in [6, 6.07) is 5.33. The van der Waals surface area contributed by atoms with E-state index in [1.807, 2.05) is 19.1 Å². The minimum atomic E-state index is -0.518. The molecule has 2 heterocycles. The van der Waals surface area contributed by atoms with E-state index >= 15 is 0 Å². The third-order valence-electron chi connectivity index (χ3n) is 2.13. The molecule has 0 fully saturated rings. The van der Waals surface area contributed by atoms with Gasteiger partial charge in [0.05, 0.1) is 5.69 Å². The quantitative estimate of drug-likeness (QED) is 0.758. The van der Waals surface area contributed by atoms with Crippen molar-refractivity contribution in [3.63, 3.8) is 0 Å². The number of rotatable bonds is 2. The zero-order valence-corrected chi connectivity index (χ0v) is 8.19. The molecule has 0 aliphatic rings. The first kappa shape index (κ1) is 9.39. The summed E-state index contributed by atoms with van der Waals surface area (Å²) < 4.78 is 0. The fraction of sp³-hybridized carbons (Fsp3) is 0.100. The van der Waals surface area contributed by atoms with Gasteiger partial charge in [-0.05, 0) is 25.1 Å². The number of hydrogen-bond donors (Lipinski definition) is 2. The Morgan fingerprint density at radius 3 is 2.93 bits per heavy atom. The van der Waals surface area contributed by atoms with Gasteiger partial charge in [0.2, 0.25) is 0 Å². The first-order valence-corrected chi connectivity index (χ1v) is 4.45. The minimum Gasteiger partial charge on any atom is -0.364 e. The fourth-order valence-corrected chi connectivity index (χ4v) is 1.34. The van der Waals surface area contributed by atoms with Gasteiger partial charge >= 0.3 is 0 Å². The topological polar surface area (TPSA) is 84.7 Å². The summed E-state index contributed by atoms with van der Waals surface area (Å²) in [5.74, 6) is -0.518. The molecule has 0 unspecified atom stereocenters. The number of pyridine rings is 1. The van der Waals surface area contributed by atoms with Gasteiger partial charge in [-0.15, -0.1) is 0 Å². The first-order valence-electron chi connectivity index (χ1n) is 4.45. The van der Waals surface area contributed by atoms with Crippen LogP contribution in [-0.4, -0.2) is 21.1 Å². The molecule has 76 valence electrons. The van der Waals surface area contributed by atoms with Crippen molar-refractivity contribution >= 4 is 5.91 Å². The Labute approximate surface area is 86.3 Å². The van der Waals surface area contributed by atoms with Crippen molar-refractivity contribution in [3.05, 3.63) is 35.8 Å². The summed E-state index contributed by atoms with van der Waals surface area (Å²) in [6.45, 7) is 1.88. The number of hydrogen-bond acceptors (Lipinski definition) is 3. The molecule has 2 aromatic rings. The molecule has 0 aromatic carbocycles. The van der Waals surface area contributed by atoms with Crippen molar-refractivity contribution in [2.75, 3.05) is 0 Å². The van der Waals surface area contributed by atoms with Gasteiger partial charge in [0, 0.05) is 17.5 Å². The van der Waals surface area contributed by atoms with Crippen LogP contribution in [0.1, 0.15) is 16.2 Å². The molecule has 0 saturated heterocycles. The van der Waals surface area contributed by atoms with Gasteiger partial charge in [-0.3, -0.25) is 14.9 Å². The van der Waals surface area contributed by atoms with Crippen LogP contribution in [0.3, 0.4) is 0 Å². The Morgan fingerprint density at radius 2 is 2.33 bits per heavy atom. The molecule has 2 aromatic heterocycles. The molecule has 0 bridgehead atoms. The highest BCUT2D eigenvalue weighted by Gasteiger charge is 2.09. The third-order valence-corrected chi connectivity index (χ3v) is 2.13. The van der Waals surface area contributed by atoms with Gasteiger partial charge in [0.25, 0.3) is 5.91 Å². The second kappa shape index (κ2) is 3.53. The van der Waals surface area contributed by atoms with Crippen LogP contribution >= 0.6 is 0 Å². The number of nitrogens with one attached hydrogen (secondary N) is 1. The molecule has 0 spiro atoms. The van der Waals surface area contributed by atoms with Gasteiger partial charge in [-0.25, -0.2) is 0 Å². The number of nitrogens with two attached hydrogens (primary N) is 1. The molecule has 0 atom stereocenters. The first-order chi connectivity index (χ1) is 7.18. The zero-order chi connectivity index (χ0) is 10.8. The summed E-state index contributed by atoms with van der Waals surface area (Å²) in [4.78, 5) is 15.0. The van der Waals surface area contributed by atoms with Crippen LogP contribution < -0.4 is 5.73 Å². The van der Waals surface area contributed by atoms with Gasteiger partial charge in [-0.2, -0.15) is 5.10 Å². The van der Waals surface area contributed by atoms with E-state index in [9.17, 15) is 4.79 Å². The number of aryl methyl sites for hydroxylation is 1. The number of aromatic nitrogens is 3. The summed E-state index contributed by atoms with van der Waals surface area (Å²) in [5, 5.41) is 6.58. The number of amides is 1. The van der Waals surface area contributed by atoms with Crippen molar-refractivity contribution in [1.82, 2.24) is 15.2 Å². The third kappa shape index (κ3) is 1.71. The molecular weight excluding hydrogens is 192 g/mol. The fourth-order valence-electron chi connectivity index (χ4n) is 1.34. The van der Waals surface area contributed by atoms with E-state index < -0.39 is 5.91 Å². The normalized spacial score (nSPS) is 10.2. The SMILES string of the molecule is Cc1ncccc1-c1cc(C(N)=O)[nH]n1. The monoisotopic (exact) mass is 202 g/mol. The lowest BCUT2D eigenvalue weighted by atomic mass is 10.1. The summed E-state index contributed by atoms with van der Waals surface area (Å²) in [6.07, 6.45) is 1.71. The Hall–Kier alpha value is -2.17. The van der Waals surface area contributed by atoms with Crippen LogP contribution in [0.4, 0.5) is 0 Å². The molecule has 0 aliphatic carbocycles. The molecular formula is C10H10N4O. The van der Waals surface area contributed by atoms with E-state index in [0.29, 0.717) is 11.4 Å². The number of carbonyl (C=O) groups is 1. The zero-order valence-electron chi connectivity index (χ0n) is 8.19. The van der Waals surface area contributed by atoms with Gasteiger partial charge in [0.15, 0.2) is 0 Å². The number of nitrogens with zero attached hydrogens (tertiary/aromatic N) is 2. The Kier molecular flexibility index (Phi) is 2.21. The smallest absolute Gasteiger partial charge is 0.266 e. The molecule has 1 amide bonds. The van der Waals surface area contributed by atoms with E-state index in [4.69, 9.17) is 5.73 Å². The number of primary amides is 1. The van der Waals surface area contributed by atoms with Gasteiger partial charge in [0.1, 0.15) is 5.69 Å². The lowest BCUT2D eigenvalue weighted by Gasteiger charge is -1.98. The maximum absolute atomic E-state index is 10.9. The second-order valence-electron chi connectivity index (χ2n) is 3.17. The summed E-state index contributed by atoms with van der Waals surface area (Å²) in [5.41, 5.74) is 7.84. The predicted molar refractivity (Wildman–Crippen MR) is 55.1 cm³/mol. The van der Waals surface area contributed by atoms with Crippen LogP contribution in [0, 0.1) is 6.92 Å². The van der Waals surface area contributed by atoms with Crippen LogP contribution in [0.25, 0.3) is 11.3 Å². The van der Waals surface area contributed by atoms with E-state index in [0.717, 1.165) is 11.3 Å². The Balaban J connectivity index is 2.46. The molecule has 5 nitrogen and oxygen atoms in total. The summed E-state index contributed by atoms with van der Waals surface area (Å²) in [7, 11) is 0. The lowest BCUT2D eigenvalue weighted by Crippen LogP contribution is -2.10. The van der Waals surface area contributed by atoms with Crippen LogP contribution in [0.5, 0.6) is 0 Å². The second-order valence-corrected chi connectivity index (χ2v) is 3.17. The highest BCUT2D eigenvalue weighted by atomic mass is 16.1. The minimum absolute atomic E-state index is 0.299. The standard InChI is InChI=1S/C10H10N4O/c1-6-7(3-2-4-12-6)8-5-9(10(11)15)14-13-8/h2-5H,1H3,(H2,11,15)(H,13,14). The van der Waals surface area contributed by atoms with Gasteiger partial charge < -0.3 is 5.73 Å². The van der Waals surface area contributed by atoms with Crippen molar-refractivity contribution in [2.45, 2.75) is 6.92 Å². The van der Waals surface area contributed by atoms with Crippen molar-refractivity contribution in [1.29, 1.82) is 0 Å². The highest BCUT2D eigenvalue weighted by molar-refractivity contribution is 5.91. The number of H-pyrrole nitrogens is 1.